The van der Waals surface area contributed by atoms with E-state index >= 15 is 0 Å². The van der Waals surface area contributed by atoms with Gasteiger partial charge in [0.25, 0.3) is 5.91 Å². The molecule has 3 aliphatic heterocycles. The van der Waals surface area contributed by atoms with E-state index in [2.05, 4.69) is 43.8 Å². The van der Waals surface area contributed by atoms with E-state index < -0.39 is 0 Å². The number of likely N-dealkylation sites (N-methyl/N-ethyl adjacent to an activating group) is 1. The van der Waals surface area contributed by atoms with Crippen molar-refractivity contribution >= 4 is 33.3 Å². The van der Waals surface area contributed by atoms with Crippen molar-refractivity contribution in [3.63, 3.8) is 0 Å². The number of aryl methyl sites for hydroxylation is 1. The second-order valence-electron chi connectivity index (χ2n) is 9.48. The van der Waals surface area contributed by atoms with Crippen molar-refractivity contribution in [1.82, 2.24) is 24.7 Å². The van der Waals surface area contributed by atoms with Crippen LogP contribution in [-0.4, -0.2) is 96.8 Å². The molecule has 0 N–H and O–H groups in total. The number of piperazine rings is 2. The maximum Gasteiger partial charge on any atom is 0.264 e. The Kier molecular flexibility index (Phi) is 5.95. The number of thiophene rings is 1. The van der Waals surface area contributed by atoms with E-state index in [1.165, 1.54) is 16.9 Å². The zero-order valence-corrected chi connectivity index (χ0v) is 21.0. The van der Waals surface area contributed by atoms with Gasteiger partial charge in [-0.3, -0.25) is 9.69 Å². The Morgan fingerprint density at radius 2 is 1.77 bits per heavy atom. The Morgan fingerprint density at radius 3 is 2.57 bits per heavy atom. The molecule has 0 aliphatic carbocycles. The molecule has 5 heterocycles. The van der Waals surface area contributed by atoms with Gasteiger partial charge in [0, 0.05) is 58.9 Å². The van der Waals surface area contributed by atoms with E-state index in [1.807, 2.05) is 17.9 Å². The van der Waals surface area contributed by atoms with Crippen LogP contribution in [0.15, 0.2) is 24.5 Å². The Balaban J connectivity index is 1.14. The van der Waals surface area contributed by atoms with Gasteiger partial charge in [-0.15, -0.1) is 11.3 Å². The Labute approximate surface area is 208 Å². The van der Waals surface area contributed by atoms with Gasteiger partial charge in [-0.1, -0.05) is 6.07 Å². The first-order chi connectivity index (χ1) is 17.1. The summed E-state index contributed by atoms with van der Waals surface area (Å²) in [5.41, 5.74) is 2.21. The highest BCUT2D eigenvalue weighted by Crippen LogP contribution is 2.36. The van der Waals surface area contributed by atoms with Gasteiger partial charge in [-0.2, -0.15) is 0 Å². The second-order valence-corrected chi connectivity index (χ2v) is 10.5. The lowest BCUT2D eigenvalue weighted by molar-refractivity contribution is 0.0632. The van der Waals surface area contributed by atoms with Crippen molar-refractivity contribution in [3.8, 4) is 11.5 Å². The van der Waals surface area contributed by atoms with E-state index in [0.717, 1.165) is 83.8 Å². The molecule has 6 rings (SSSR count). The third kappa shape index (κ3) is 4.30. The van der Waals surface area contributed by atoms with Crippen LogP contribution in [-0.2, 0) is 6.54 Å². The Morgan fingerprint density at radius 1 is 1.00 bits per heavy atom. The lowest BCUT2D eigenvalue weighted by Gasteiger charge is -2.34. The molecule has 3 aliphatic rings. The number of carbonyl (C=O) groups excluding carboxylic acids is 1. The molecular weight excluding hydrogens is 464 g/mol. The summed E-state index contributed by atoms with van der Waals surface area (Å²) < 4.78 is 10.9. The summed E-state index contributed by atoms with van der Waals surface area (Å²) in [6.45, 7) is 10.2. The summed E-state index contributed by atoms with van der Waals surface area (Å²) in [5.74, 6) is 2.70. The number of hydrogen-bond acceptors (Lipinski definition) is 9. The third-order valence-corrected chi connectivity index (χ3v) is 8.39. The van der Waals surface area contributed by atoms with Crippen LogP contribution in [0.5, 0.6) is 11.5 Å². The molecule has 0 bridgehead atoms. The Bertz CT molecular complexity index is 1250. The van der Waals surface area contributed by atoms with Crippen LogP contribution >= 0.6 is 11.3 Å². The van der Waals surface area contributed by atoms with Crippen LogP contribution in [0.1, 0.15) is 20.8 Å². The molecule has 1 aromatic carbocycles. The smallest absolute Gasteiger partial charge is 0.264 e. The first kappa shape index (κ1) is 22.5. The molecule has 2 saturated heterocycles. The molecule has 2 fully saturated rings. The van der Waals surface area contributed by atoms with Crippen molar-refractivity contribution in [2.45, 2.75) is 13.5 Å². The van der Waals surface area contributed by atoms with Gasteiger partial charge < -0.3 is 24.2 Å². The molecule has 2 aromatic heterocycles. The lowest BCUT2D eigenvalue weighted by atomic mass is 10.1. The molecule has 1 amide bonds. The number of fused-ring (bicyclic) bond motifs is 2. The average Bonchev–Trinajstić information content (AvgIpc) is 3.48. The van der Waals surface area contributed by atoms with E-state index in [-0.39, 0.29) is 5.91 Å². The number of carbonyl (C=O) groups is 1. The van der Waals surface area contributed by atoms with Crippen molar-refractivity contribution < 1.29 is 14.3 Å². The molecule has 0 spiro atoms. The van der Waals surface area contributed by atoms with Crippen molar-refractivity contribution in [3.05, 3.63) is 40.5 Å². The molecule has 9 nitrogen and oxygen atoms in total. The fourth-order valence-electron chi connectivity index (χ4n) is 5.07. The maximum absolute atomic E-state index is 13.5. The number of aromatic nitrogens is 2. The van der Waals surface area contributed by atoms with Gasteiger partial charge in [0.15, 0.2) is 11.5 Å². The minimum absolute atomic E-state index is 0.109. The molecule has 3 aromatic rings. The van der Waals surface area contributed by atoms with Crippen LogP contribution in [0.2, 0.25) is 0 Å². The minimum Gasteiger partial charge on any atom is -0.454 e. The van der Waals surface area contributed by atoms with Crippen molar-refractivity contribution in [2.75, 3.05) is 71.1 Å². The van der Waals surface area contributed by atoms with Gasteiger partial charge in [0.1, 0.15) is 17.0 Å². The summed E-state index contributed by atoms with van der Waals surface area (Å²) in [6.07, 6.45) is 1.63. The maximum atomic E-state index is 13.5. The fourth-order valence-corrected chi connectivity index (χ4v) is 6.18. The Hall–Kier alpha value is -2.95. The standard InChI is InChI=1S/C25H30N6O3S/c1-17-21-23(30-9-5-28(2)6-10-30)26-15-27-24(21)35-22(17)25(32)31-11-7-29(8-12-31)14-18-3-4-19-20(13-18)34-16-33-19/h3-4,13,15H,5-12,14,16H2,1-2H3. The van der Waals surface area contributed by atoms with Crippen LogP contribution in [0.4, 0.5) is 5.82 Å². The van der Waals surface area contributed by atoms with Crippen molar-refractivity contribution in [1.29, 1.82) is 0 Å². The fraction of sp³-hybridized carbons (Fsp3) is 0.480. The van der Waals surface area contributed by atoms with E-state index in [9.17, 15) is 4.79 Å². The number of benzene rings is 1. The zero-order valence-electron chi connectivity index (χ0n) is 20.2. The average molecular weight is 495 g/mol. The SMILES string of the molecule is Cc1c(C(=O)N2CCN(Cc3ccc4c(c3)OCO4)CC2)sc2ncnc(N3CCN(C)CC3)c12. The second kappa shape index (κ2) is 9.25. The lowest BCUT2D eigenvalue weighted by Crippen LogP contribution is -2.48. The summed E-state index contributed by atoms with van der Waals surface area (Å²) >= 11 is 1.50. The zero-order chi connectivity index (χ0) is 23.9. The number of nitrogens with zero attached hydrogens (tertiary/aromatic N) is 6. The molecule has 35 heavy (non-hydrogen) atoms. The van der Waals surface area contributed by atoms with E-state index in [1.54, 1.807) is 6.33 Å². The first-order valence-corrected chi connectivity index (χ1v) is 13.0. The monoisotopic (exact) mass is 494 g/mol. The van der Waals surface area contributed by atoms with Crippen LogP contribution in [0.3, 0.4) is 0 Å². The first-order valence-electron chi connectivity index (χ1n) is 12.1. The number of amides is 1. The van der Waals surface area contributed by atoms with Gasteiger partial charge in [0.2, 0.25) is 6.79 Å². The van der Waals surface area contributed by atoms with Gasteiger partial charge in [0.05, 0.1) is 10.3 Å². The third-order valence-electron chi connectivity index (χ3n) is 7.21. The summed E-state index contributed by atoms with van der Waals surface area (Å²) in [7, 11) is 2.15. The summed E-state index contributed by atoms with van der Waals surface area (Å²) in [5, 5.41) is 1.03. The number of ether oxygens (including phenoxy) is 2. The highest BCUT2D eigenvalue weighted by Gasteiger charge is 2.28. The number of hydrogen-bond donors (Lipinski definition) is 0. The van der Waals surface area contributed by atoms with Gasteiger partial charge in [-0.05, 0) is 37.2 Å². The van der Waals surface area contributed by atoms with Crippen molar-refractivity contribution in [2.24, 2.45) is 0 Å². The highest BCUT2D eigenvalue weighted by atomic mass is 32.1. The molecule has 10 heteroatoms. The van der Waals surface area contributed by atoms with E-state index in [0.29, 0.717) is 19.9 Å². The van der Waals surface area contributed by atoms with Crippen LogP contribution < -0.4 is 14.4 Å². The van der Waals surface area contributed by atoms with Gasteiger partial charge in [-0.25, -0.2) is 9.97 Å². The molecular formula is C25H30N6O3S. The van der Waals surface area contributed by atoms with E-state index in [4.69, 9.17) is 9.47 Å². The summed E-state index contributed by atoms with van der Waals surface area (Å²) in [6, 6.07) is 6.12. The largest absolute Gasteiger partial charge is 0.454 e. The predicted octanol–water partition coefficient (Wildman–Crippen LogP) is 2.44. The molecule has 184 valence electrons. The number of anilines is 1. The topological polar surface area (TPSA) is 74.3 Å². The van der Waals surface area contributed by atoms with Gasteiger partial charge >= 0.3 is 0 Å². The molecule has 0 unspecified atom stereocenters. The number of rotatable bonds is 4. The van der Waals surface area contributed by atoms with Crippen LogP contribution in [0, 0.1) is 6.92 Å². The predicted molar refractivity (Wildman–Crippen MR) is 136 cm³/mol. The minimum atomic E-state index is 0.109. The molecule has 0 radical (unpaired) electrons. The normalized spacial score (nSPS) is 19.0. The highest BCUT2D eigenvalue weighted by molar-refractivity contribution is 7.20. The summed E-state index contributed by atoms with van der Waals surface area (Å²) in [4.78, 5) is 33.4. The molecule has 0 atom stereocenters. The van der Waals surface area contributed by atoms with Crippen LogP contribution in [0.25, 0.3) is 10.2 Å². The molecule has 0 saturated carbocycles. The quantitative estimate of drug-likeness (QED) is 0.548.